The second-order valence-corrected chi connectivity index (χ2v) is 5.37. The Morgan fingerprint density at radius 3 is 2.82 bits per heavy atom. The van der Waals surface area contributed by atoms with Crippen LogP contribution in [-0.4, -0.2) is 22.6 Å². The Kier molecular flexibility index (Phi) is 4.19. The van der Waals surface area contributed by atoms with Crippen LogP contribution in [0.15, 0.2) is 54.9 Å². The van der Waals surface area contributed by atoms with Crippen LogP contribution in [0.4, 0.5) is 5.82 Å². The standard InChI is InChI=1S/C18H19N3O/c1-13-6-5-7-15(10-13)22-14(2)11-19-18-16-8-3-4-9-17(16)20-12-21-18/h3-10,12,14H,11H2,1-2H3,(H,19,20,21). The fourth-order valence-electron chi connectivity index (χ4n) is 2.35. The quantitative estimate of drug-likeness (QED) is 0.777. The summed E-state index contributed by atoms with van der Waals surface area (Å²) in [5.41, 5.74) is 2.13. The van der Waals surface area contributed by atoms with Crippen LogP contribution in [0.25, 0.3) is 10.9 Å². The van der Waals surface area contributed by atoms with E-state index in [1.165, 1.54) is 5.56 Å². The summed E-state index contributed by atoms with van der Waals surface area (Å²) in [6.07, 6.45) is 1.62. The van der Waals surface area contributed by atoms with Crippen LogP contribution in [0.1, 0.15) is 12.5 Å². The van der Waals surface area contributed by atoms with Gasteiger partial charge in [-0.2, -0.15) is 0 Å². The zero-order valence-electron chi connectivity index (χ0n) is 12.8. The lowest BCUT2D eigenvalue weighted by Gasteiger charge is -2.16. The molecule has 0 aliphatic heterocycles. The number of para-hydroxylation sites is 1. The third-order valence-corrected chi connectivity index (χ3v) is 3.43. The molecule has 1 atom stereocenters. The highest BCUT2D eigenvalue weighted by Crippen LogP contribution is 2.19. The van der Waals surface area contributed by atoms with Crippen molar-refractivity contribution >= 4 is 16.7 Å². The highest BCUT2D eigenvalue weighted by Gasteiger charge is 2.07. The monoisotopic (exact) mass is 293 g/mol. The fraction of sp³-hybridized carbons (Fsp3) is 0.222. The molecular formula is C18H19N3O. The number of aryl methyl sites for hydroxylation is 1. The minimum Gasteiger partial charge on any atom is -0.489 e. The number of hydrogen-bond donors (Lipinski definition) is 1. The molecule has 3 rings (SSSR count). The zero-order chi connectivity index (χ0) is 15.4. The lowest BCUT2D eigenvalue weighted by Crippen LogP contribution is -2.23. The molecule has 1 aromatic heterocycles. The molecule has 0 amide bonds. The van der Waals surface area contributed by atoms with E-state index < -0.39 is 0 Å². The number of hydrogen-bond acceptors (Lipinski definition) is 4. The third kappa shape index (κ3) is 3.34. The summed E-state index contributed by atoms with van der Waals surface area (Å²) in [6.45, 7) is 4.77. The molecule has 0 aliphatic carbocycles. The molecule has 0 fully saturated rings. The van der Waals surface area contributed by atoms with Gasteiger partial charge in [0.15, 0.2) is 0 Å². The normalized spacial score (nSPS) is 12.1. The largest absolute Gasteiger partial charge is 0.489 e. The number of fused-ring (bicyclic) bond motifs is 1. The number of rotatable bonds is 5. The van der Waals surface area contributed by atoms with Crippen molar-refractivity contribution in [3.63, 3.8) is 0 Å². The van der Waals surface area contributed by atoms with Crippen LogP contribution in [0, 0.1) is 6.92 Å². The van der Waals surface area contributed by atoms with E-state index in [1.54, 1.807) is 6.33 Å². The van der Waals surface area contributed by atoms with E-state index in [2.05, 4.69) is 28.3 Å². The van der Waals surface area contributed by atoms with Gasteiger partial charge in [-0.15, -0.1) is 0 Å². The predicted molar refractivity (Wildman–Crippen MR) is 89.3 cm³/mol. The Labute approximate surface area is 130 Å². The van der Waals surface area contributed by atoms with Crippen molar-refractivity contribution in [2.45, 2.75) is 20.0 Å². The van der Waals surface area contributed by atoms with E-state index in [0.29, 0.717) is 6.54 Å². The van der Waals surface area contributed by atoms with Crippen LogP contribution in [0.3, 0.4) is 0 Å². The van der Waals surface area contributed by atoms with Gasteiger partial charge in [0.2, 0.25) is 0 Å². The molecule has 0 radical (unpaired) electrons. The van der Waals surface area contributed by atoms with Gasteiger partial charge in [-0.25, -0.2) is 9.97 Å². The van der Waals surface area contributed by atoms with Crippen molar-refractivity contribution in [2.75, 3.05) is 11.9 Å². The van der Waals surface area contributed by atoms with Crippen molar-refractivity contribution in [3.8, 4) is 5.75 Å². The molecule has 0 bridgehead atoms. The van der Waals surface area contributed by atoms with E-state index in [-0.39, 0.29) is 6.10 Å². The Morgan fingerprint density at radius 2 is 1.95 bits per heavy atom. The van der Waals surface area contributed by atoms with Crippen molar-refractivity contribution in [1.82, 2.24) is 9.97 Å². The van der Waals surface area contributed by atoms with E-state index >= 15 is 0 Å². The first-order chi connectivity index (χ1) is 10.7. The van der Waals surface area contributed by atoms with E-state index in [9.17, 15) is 0 Å². The Balaban J connectivity index is 1.66. The Bertz CT molecular complexity index is 768. The maximum Gasteiger partial charge on any atom is 0.137 e. The maximum atomic E-state index is 5.92. The minimum absolute atomic E-state index is 0.0375. The van der Waals surface area contributed by atoms with Gasteiger partial charge >= 0.3 is 0 Å². The van der Waals surface area contributed by atoms with Crippen LogP contribution in [-0.2, 0) is 0 Å². The molecule has 4 nitrogen and oxygen atoms in total. The first kappa shape index (κ1) is 14.3. The van der Waals surface area contributed by atoms with Gasteiger partial charge in [0.25, 0.3) is 0 Å². The topological polar surface area (TPSA) is 47.0 Å². The summed E-state index contributed by atoms with van der Waals surface area (Å²) in [4.78, 5) is 8.59. The number of benzene rings is 2. The molecule has 1 unspecified atom stereocenters. The molecule has 112 valence electrons. The first-order valence-corrected chi connectivity index (χ1v) is 7.39. The molecule has 0 saturated heterocycles. The van der Waals surface area contributed by atoms with Crippen molar-refractivity contribution in [3.05, 3.63) is 60.4 Å². The molecule has 1 heterocycles. The molecule has 22 heavy (non-hydrogen) atoms. The van der Waals surface area contributed by atoms with Crippen LogP contribution in [0.5, 0.6) is 5.75 Å². The Morgan fingerprint density at radius 1 is 1.09 bits per heavy atom. The summed E-state index contributed by atoms with van der Waals surface area (Å²) in [6, 6.07) is 16.0. The number of nitrogens with one attached hydrogen (secondary N) is 1. The average Bonchev–Trinajstić information content (AvgIpc) is 2.53. The van der Waals surface area contributed by atoms with Gasteiger partial charge in [-0.05, 0) is 43.7 Å². The van der Waals surface area contributed by atoms with Crippen molar-refractivity contribution < 1.29 is 4.74 Å². The summed E-state index contributed by atoms with van der Waals surface area (Å²) >= 11 is 0. The van der Waals surface area contributed by atoms with Crippen molar-refractivity contribution in [1.29, 1.82) is 0 Å². The summed E-state index contributed by atoms with van der Waals surface area (Å²) in [5.74, 6) is 1.73. The summed E-state index contributed by atoms with van der Waals surface area (Å²) in [5, 5.41) is 4.37. The number of aromatic nitrogens is 2. The number of anilines is 1. The van der Waals surface area contributed by atoms with Gasteiger partial charge in [0, 0.05) is 5.39 Å². The zero-order valence-corrected chi connectivity index (χ0v) is 12.8. The Hall–Kier alpha value is -2.62. The predicted octanol–water partition coefficient (Wildman–Crippen LogP) is 3.82. The third-order valence-electron chi connectivity index (χ3n) is 3.43. The van der Waals surface area contributed by atoms with Gasteiger partial charge in [0.05, 0.1) is 12.1 Å². The van der Waals surface area contributed by atoms with Gasteiger partial charge in [-0.3, -0.25) is 0 Å². The highest BCUT2D eigenvalue weighted by atomic mass is 16.5. The van der Waals surface area contributed by atoms with Crippen LogP contribution < -0.4 is 10.1 Å². The summed E-state index contributed by atoms with van der Waals surface area (Å²) in [7, 11) is 0. The van der Waals surface area contributed by atoms with Crippen LogP contribution in [0.2, 0.25) is 0 Å². The van der Waals surface area contributed by atoms with E-state index in [4.69, 9.17) is 4.74 Å². The fourth-order valence-corrected chi connectivity index (χ4v) is 2.35. The van der Waals surface area contributed by atoms with Gasteiger partial charge in [0.1, 0.15) is 24.0 Å². The second-order valence-electron chi connectivity index (χ2n) is 5.37. The number of nitrogens with zero attached hydrogens (tertiary/aromatic N) is 2. The lowest BCUT2D eigenvalue weighted by atomic mass is 10.2. The number of ether oxygens (including phenoxy) is 1. The van der Waals surface area contributed by atoms with E-state index in [0.717, 1.165) is 22.5 Å². The molecule has 4 heteroatoms. The van der Waals surface area contributed by atoms with Crippen LogP contribution >= 0.6 is 0 Å². The lowest BCUT2D eigenvalue weighted by molar-refractivity contribution is 0.234. The van der Waals surface area contributed by atoms with Crippen molar-refractivity contribution in [2.24, 2.45) is 0 Å². The summed E-state index contributed by atoms with van der Waals surface area (Å²) < 4.78 is 5.92. The average molecular weight is 293 g/mol. The molecule has 2 aromatic carbocycles. The molecule has 0 spiro atoms. The first-order valence-electron chi connectivity index (χ1n) is 7.39. The maximum absolute atomic E-state index is 5.92. The smallest absolute Gasteiger partial charge is 0.137 e. The van der Waals surface area contributed by atoms with E-state index in [1.807, 2.05) is 49.4 Å². The minimum atomic E-state index is 0.0375. The molecule has 0 saturated carbocycles. The molecule has 0 aliphatic rings. The molecule has 3 aromatic rings. The molecule has 1 N–H and O–H groups in total. The van der Waals surface area contributed by atoms with Gasteiger partial charge in [-0.1, -0.05) is 24.3 Å². The SMILES string of the molecule is Cc1cccc(OC(C)CNc2ncnc3ccccc23)c1. The van der Waals surface area contributed by atoms with Gasteiger partial charge < -0.3 is 10.1 Å². The molecular weight excluding hydrogens is 274 g/mol. The second kappa shape index (κ2) is 6.43. The highest BCUT2D eigenvalue weighted by molar-refractivity contribution is 5.88.